The largest absolute Gasteiger partial charge is 0.499 e. The lowest BCUT2D eigenvalue weighted by molar-refractivity contribution is 0.420. The standard InChI is InChI=1S/C9H8O2S2/c1-11-6-2-3-7(12)5-4-8(10)13-9(5)6/h2-4,10,12H,1H3. The minimum atomic E-state index is 0.287. The van der Waals surface area contributed by atoms with Crippen molar-refractivity contribution >= 4 is 34.1 Å². The monoisotopic (exact) mass is 212 g/mol. The van der Waals surface area contributed by atoms with E-state index in [9.17, 15) is 5.11 Å². The number of thiophene rings is 1. The van der Waals surface area contributed by atoms with Crippen molar-refractivity contribution in [3.8, 4) is 10.8 Å². The Bertz CT molecular complexity index is 448. The molecule has 13 heavy (non-hydrogen) atoms. The second kappa shape index (κ2) is 3.12. The van der Waals surface area contributed by atoms with Gasteiger partial charge in [0, 0.05) is 16.3 Å². The number of thiol groups is 1. The highest BCUT2D eigenvalue weighted by Crippen LogP contribution is 2.39. The number of aromatic hydroxyl groups is 1. The summed E-state index contributed by atoms with van der Waals surface area (Å²) in [6.45, 7) is 0. The summed E-state index contributed by atoms with van der Waals surface area (Å²) in [5.74, 6) is 0.776. The number of hydrogen-bond acceptors (Lipinski definition) is 4. The molecule has 0 aliphatic carbocycles. The zero-order valence-electron chi connectivity index (χ0n) is 6.94. The average molecular weight is 212 g/mol. The first kappa shape index (κ1) is 8.72. The molecule has 0 atom stereocenters. The van der Waals surface area contributed by atoms with Crippen LogP contribution in [0.15, 0.2) is 23.1 Å². The molecule has 1 heterocycles. The van der Waals surface area contributed by atoms with Crippen molar-refractivity contribution in [1.82, 2.24) is 0 Å². The molecule has 1 aromatic heterocycles. The number of methoxy groups -OCH3 is 1. The zero-order chi connectivity index (χ0) is 9.42. The van der Waals surface area contributed by atoms with Crippen molar-refractivity contribution in [2.45, 2.75) is 4.90 Å². The van der Waals surface area contributed by atoms with Gasteiger partial charge in [0.2, 0.25) is 0 Å². The molecule has 0 unspecified atom stereocenters. The molecule has 1 aromatic carbocycles. The van der Waals surface area contributed by atoms with Gasteiger partial charge in [-0.05, 0) is 12.1 Å². The van der Waals surface area contributed by atoms with Crippen LogP contribution >= 0.6 is 24.0 Å². The summed E-state index contributed by atoms with van der Waals surface area (Å²) in [6.07, 6.45) is 0. The first-order valence-corrected chi connectivity index (χ1v) is 4.97. The van der Waals surface area contributed by atoms with E-state index in [0.717, 1.165) is 20.7 Å². The molecule has 0 radical (unpaired) electrons. The lowest BCUT2D eigenvalue weighted by Gasteiger charge is -2.01. The molecule has 0 fully saturated rings. The van der Waals surface area contributed by atoms with Crippen LogP contribution in [0.3, 0.4) is 0 Å². The van der Waals surface area contributed by atoms with Gasteiger partial charge < -0.3 is 9.84 Å². The fourth-order valence-corrected chi connectivity index (χ4v) is 2.48. The average Bonchev–Trinajstić information content (AvgIpc) is 2.48. The Hall–Kier alpha value is -0.870. The minimum Gasteiger partial charge on any atom is -0.499 e. The fourth-order valence-electron chi connectivity index (χ4n) is 1.23. The number of rotatable bonds is 1. The Balaban J connectivity index is 2.83. The van der Waals surface area contributed by atoms with Crippen LogP contribution in [0.5, 0.6) is 10.8 Å². The van der Waals surface area contributed by atoms with E-state index >= 15 is 0 Å². The van der Waals surface area contributed by atoms with E-state index in [0.29, 0.717) is 0 Å². The van der Waals surface area contributed by atoms with Gasteiger partial charge in [0.25, 0.3) is 0 Å². The SMILES string of the molecule is COc1ccc(S)c2cc(O)sc12. The minimum absolute atomic E-state index is 0.287. The molecule has 2 nitrogen and oxygen atoms in total. The van der Waals surface area contributed by atoms with Gasteiger partial charge in [0.05, 0.1) is 11.8 Å². The van der Waals surface area contributed by atoms with Crippen LogP contribution in [0.25, 0.3) is 10.1 Å². The molecule has 4 heteroatoms. The van der Waals surface area contributed by atoms with Gasteiger partial charge in [0.15, 0.2) is 5.06 Å². The van der Waals surface area contributed by atoms with Gasteiger partial charge in [-0.15, -0.1) is 12.6 Å². The van der Waals surface area contributed by atoms with Crippen LogP contribution < -0.4 is 4.74 Å². The van der Waals surface area contributed by atoms with E-state index in [1.807, 2.05) is 12.1 Å². The normalized spacial score (nSPS) is 10.6. The molecule has 2 aromatic rings. The molecule has 0 saturated heterocycles. The Kier molecular flexibility index (Phi) is 2.09. The van der Waals surface area contributed by atoms with E-state index in [1.54, 1.807) is 13.2 Å². The molecule has 0 saturated carbocycles. The second-order valence-electron chi connectivity index (χ2n) is 2.61. The van der Waals surface area contributed by atoms with E-state index in [1.165, 1.54) is 11.3 Å². The lowest BCUT2D eigenvalue weighted by Crippen LogP contribution is -1.81. The maximum Gasteiger partial charge on any atom is 0.172 e. The van der Waals surface area contributed by atoms with Crippen molar-refractivity contribution in [2.75, 3.05) is 7.11 Å². The highest BCUT2D eigenvalue weighted by Gasteiger charge is 2.08. The summed E-state index contributed by atoms with van der Waals surface area (Å²) in [6, 6.07) is 5.40. The van der Waals surface area contributed by atoms with Crippen LogP contribution in [-0.2, 0) is 0 Å². The van der Waals surface area contributed by atoms with E-state index in [2.05, 4.69) is 12.6 Å². The van der Waals surface area contributed by atoms with Gasteiger partial charge in [-0.1, -0.05) is 11.3 Å². The summed E-state index contributed by atoms with van der Waals surface area (Å²) in [5, 5.41) is 10.6. The maximum absolute atomic E-state index is 9.33. The quantitative estimate of drug-likeness (QED) is 0.712. The smallest absolute Gasteiger partial charge is 0.172 e. The predicted molar refractivity (Wildman–Crippen MR) is 57.3 cm³/mol. The van der Waals surface area contributed by atoms with Crippen LogP contribution in [0, 0.1) is 0 Å². The van der Waals surface area contributed by atoms with Crippen LogP contribution in [0.1, 0.15) is 0 Å². The first-order valence-electron chi connectivity index (χ1n) is 3.71. The van der Waals surface area contributed by atoms with E-state index < -0.39 is 0 Å². The van der Waals surface area contributed by atoms with E-state index in [4.69, 9.17) is 4.74 Å². The van der Waals surface area contributed by atoms with Gasteiger partial charge >= 0.3 is 0 Å². The zero-order valence-corrected chi connectivity index (χ0v) is 8.65. The molecule has 0 spiro atoms. The summed E-state index contributed by atoms with van der Waals surface area (Å²) in [4.78, 5) is 0.854. The van der Waals surface area contributed by atoms with Crippen LogP contribution in [-0.4, -0.2) is 12.2 Å². The van der Waals surface area contributed by atoms with Crippen LogP contribution in [0.2, 0.25) is 0 Å². The summed E-state index contributed by atoms with van der Waals surface area (Å²) in [7, 11) is 1.61. The third-order valence-electron chi connectivity index (χ3n) is 1.83. The van der Waals surface area contributed by atoms with Crippen molar-refractivity contribution in [2.24, 2.45) is 0 Å². The molecular formula is C9H8O2S2. The molecule has 0 aliphatic rings. The number of ether oxygens (including phenoxy) is 1. The third kappa shape index (κ3) is 1.36. The Morgan fingerprint density at radius 3 is 2.92 bits per heavy atom. The van der Waals surface area contributed by atoms with Crippen LogP contribution in [0.4, 0.5) is 0 Å². The van der Waals surface area contributed by atoms with Crippen molar-refractivity contribution in [1.29, 1.82) is 0 Å². The number of benzene rings is 1. The third-order valence-corrected chi connectivity index (χ3v) is 3.17. The van der Waals surface area contributed by atoms with E-state index in [-0.39, 0.29) is 5.06 Å². The maximum atomic E-state index is 9.33. The summed E-state index contributed by atoms with van der Waals surface area (Å²) >= 11 is 5.59. The summed E-state index contributed by atoms with van der Waals surface area (Å²) < 4.78 is 6.10. The summed E-state index contributed by atoms with van der Waals surface area (Å²) in [5.41, 5.74) is 0. The molecule has 0 aliphatic heterocycles. The topological polar surface area (TPSA) is 29.5 Å². The highest BCUT2D eigenvalue weighted by atomic mass is 32.1. The molecule has 0 bridgehead atoms. The van der Waals surface area contributed by atoms with Crippen molar-refractivity contribution < 1.29 is 9.84 Å². The van der Waals surface area contributed by atoms with Crippen molar-refractivity contribution in [3.63, 3.8) is 0 Å². The number of hydrogen-bond donors (Lipinski definition) is 2. The molecule has 0 amide bonds. The molecule has 2 rings (SSSR count). The predicted octanol–water partition coefficient (Wildman–Crippen LogP) is 2.90. The first-order chi connectivity index (χ1) is 6.22. The van der Waals surface area contributed by atoms with Crippen molar-refractivity contribution in [3.05, 3.63) is 18.2 Å². The second-order valence-corrected chi connectivity index (χ2v) is 4.13. The molecular weight excluding hydrogens is 204 g/mol. The van der Waals surface area contributed by atoms with Gasteiger partial charge in [0.1, 0.15) is 5.75 Å². The molecule has 68 valence electrons. The Morgan fingerprint density at radius 1 is 1.46 bits per heavy atom. The van der Waals surface area contributed by atoms with Gasteiger partial charge in [-0.25, -0.2) is 0 Å². The Morgan fingerprint density at radius 2 is 2.23 bits per heavy atom. The van der Waals surface area contributed by atoms with Gasteiger partial charge in [-0.2, -0.15) is 0 Å². The Labute approximate surface area is 85.2 Å². The fraction of sp³-hybridized carbons (Fsp3) is 0.111. The lowest BCUT2D eigenvalue weighted by atomic mass is 10.2. The molecule has 1 N–H and O–H groups in total. The number of fused-ring (bicyclic) bond motifs is 1. The van der Waals surface area contributed by atoms with Gasteiger partial charge in [-0.3, -0.25) is 0 Å². The highest BCUT2D eigenvalue weighted by molar-refractivity contribution is 7.80.